The second-order valence-electron chi connectivity index (χ2n) is 6.33. The van der Waals surface area contributed by atoms with E-state index in [0.29, 0.717) is 6.04 Å². The number of hydrogen-bond donors (Lipinski definition) is 1. The predicted molar refractivity (Wildman–Crippen MR) is 87.8 cm³/mol. The average molecular weight is 288 g/mol. The SMILES string of the molecule is CCCC(CN)N1CCN(c2ccc3c(n2)CCC3)CC1. The molecule has 4 heteroatoms. The lowest BCUT2D eigenvalue weighted by Crippen LogP contribution is -2.52. The molecule has 2 N–H and O–H groups in total. The number of anilines is 1. The first-order chi connectivity index (χ1) is 10.3. The molecule has 1 atom stereocenters. The van der Waals surface area contributed by atoms with Gasteiger partial charge in [0.15, 0.2) is 0 Å². The van der Waals surface area contributed by atoms with Crippen molar-refractivity contribution in [3.8, 4) is 0 Å². The van der Waals surface area contributed by atoms with Crippen LogP contribution in [0.3, 0.4) is 0 Å². The Hall–Kier alpha value is -1.13. The van der Waals surface area contributed by atoms with Crippen LogP contribution in [0.4, 0.5) is 5.82 Å². The Labute approximate surface area is 128 Å². The topological polar surface area (TPSA) is 45.4 Å². The van der Waals surface area contributed by atoms with Gasteiger partial charge in [0.05, 0.1) is 0 Å². The van der Waals surface area contributed by atoms with E-state index in [1.165, 1.54) is 42.8 Å². The molecule has 0 radical (unpaired) electrons. The zero-order valence-corrected chi connectivity index (χ0v) is 13.2. The van der Waals surface area contributed by atoms with Crippen molar-refractivity contribution in [3.05, 3.63) is 23.4 Å². The van der Waals surface area contributed by atoms with E-state index in [1.807, 2.05) is 0 Å². The molecule has 1 saturated heterocycles. The van der Waals surface area contributed by atoms with Crippen molar-refractivity contribution in [2.45, 2.75) is 45.1 Å². The van der Waals surface area contributed by atoms with Gasteiger partial charge in [-0.15, -0.1) is 0 Å². The highest BCUT2D eigenvalue weighted by atomic mass is 15.3. The molecule has 1 aromatic rings. The third-order valence-corrected chi connectivity index (χ3v) is 4.96. The van der Waals surface area contributed by atoms with Crippen LogP contribution in [0.25, 0.3) is 0 Å². The van der Waals surface area contributed by atoms with Crippen LogP contribution in [0.5, 0.6) is 0 Å². The third kappa shape index (κ3) is 3.22. The summed E-state index contributed by atoms with van der Waals surface area (Å²) < 4.78 is 0. The van der Waals surface area contributed by atoms with Crippen LogP contribution in [0.1, 0.15) is 37.4 Å². The zero-order valence-electron chi connectivity index (χ0n) is 13.2. The van der Waals surface area contributed by atoms with Crippen LogP contribution < -0.4 is 10.6 Å². The maximum absolute atomic E-state index is 5.93. The molecule has 1 unspecified atom stereocenters. The summed E-state index contributed by atoms with van der Waals surface area (Å²) in [7, 11) is 0. The molecular weight excluding hydrogens is 260 g/mol. The number of pyridine rings is 1. The number of nitrogens with two attached hydrogens (primary N) is 1. The van der Waals surface area contributed by atoms with Crippen molar-refractivity contribution in [2.24, 2.45) is 5.73 Å². The maximum atomic E-state index is 5.93. The molecule has 1 aliphatic carbocycles. The number of fused-ring (bicyclic) bond motifs is 1. The molecule has 0 saturated carbocycles. The summed E-state index contributed by atoms with van der Waals surface area (Å²) in [4.78, 5) is 9.89. The lowest BCUT2D eigenvalue weighted by Gasteiger charge is -2.39. The number of aryl methyl sites for hydroxylation is 2. The summed E-state index contributed by atoms with van der Waals surface area (Å²) in [5.74, 6) is 1.18. The molecule has 1 aromatic heterocycles. The molecule has 21 heavy (non-hydrogen) atoms. The van der Waals surface area contributed by atoms with E-state index in [9.17, 15) is 0 Å². The molecule has 3 rings (SSSR count). The summed E-state index contributed by atoms with van der Waals surface area (Å²) in [5, 5.41) is 0. The maximum Gasteiger partial charge on any atom is 0.128 e. The Balaban J connectivity index is 1.60. The predicted octanol–water partition coefficient (Wildman–Crippen LogP) is 1.82. The van der Waals surface area contributed by atoms with Gasteiger partial charge >= 0.3 is 0 Å². The van der Waals surface area contributed by atoms with Crippen molar-refractivity contribution in [1.29, 1.82) is 0 Å². The Kier molecular flexibility index (Phi) is 4.76. The van der Waals surface area contributed by atoms with Gasteiger partial charge in [0, 0.05) is 44.5 Å². The van der Waals surface area contributed by atoms with Crippen LogP contribution in [0.2, 0.25) is 0 Å². The molecule has 1 fully saturated rings. The van der Waals surface area contributed by atoms with Crippen LogP contribution in [0, 0.1) is 0 Å². The quantitative estimate of drug-likeness (QED) is 0.898. The van der Waals surface area contributed by atoms with E-state index >= 15 is 0 Å². The summed E-state index contributed by atoms with van der Waals surface area (Å²) in [5.41, 5.74) is 8.72. The van der Waals surface area contributed by atoms with Crippen molar-refractivity contribution < 1.29 is 0 Å². The summed E-state index contributed by atoms with van der Waals surface area (Å²) >= 11 is 0. The minimum atomic E-state index is 0.560. The normalized spacial score (nSPS) is 20.6. The second-order valence-corrected chi connectivity index (χ2v) is 6.33. The molecule has 0 bridgehead atoms. The van der Waals surface area contributed by atoms with Crippen LogP contribution in [-0.4, -0.2) is 48.6 Å². The van der Waals surface area contributed by atoms with Crippen LogP contribution in [-0.2, 0) is 12.8 Å². The van der Waals surface area contributed by atoms with Gasteiger partial charge in [-0.1, -0.05) is 19.4 Å². The van der Waals surface area contributed by atoms with E-state index in [4.69, 9.17) is 10.7 Å². The molecule has 116 valence electrons. The monoisotopic (exact) mass is 288 g/mol. The lowest BCUT2D eigenvalue weighted by molar-refractivity contribution is 0.179. The van der Waals surface area contributed by atoms with E-state index in [0.717, 1.165) is 39.1 Å². The number of aromatic nitrogens is 1. The highest BCUT2D eigenvalue weighted by Gasteiger charge is 2.23. The average Bonchev–Trinajstić information content (AvgIpc) is 3.00. The van der Waals surface area contributed by atoms with E-state index in [1.54, 1.807) is 0 Å². The summed E-state index contributed by atoms with van der Waals surface area (Å²) in [6.45, 7) is 7.40. The highest BCUT2D eigenvalue weighted by molar-refractivity contribution is 5.43. The molecule has 1 aliphatic heterocycles. The summed E-state index contributed by atoms with van der Waals surface area (Å²) in [6, 6.07) is 5.06. The minimum Gasteiger partial charge on any atom is -0.354 e. The van der Waals surface area contributed by atoms with Crippen molar-refractivity contribution in [3.63, 3.8) is 0 Å². The smallest absolute Gasteiger partial charge is 0.128 e. The van der Waals surface area contributed by atoms with Crippen LogP contribution >= 0.6 is 0 Å². The van der Waals surface area contributed by atoms with Crippen molar-refractivity contribution in [2.75, 3.05) is 37.6 Å². The van der Waals surface area contributed by atoms with Gasteiger partial charge in [-0.3, -0.25) is 4.90 Å². The van der Waals surface area contributed by atoms with E-state index in [-0.39, 0.29) is 0 Å². The zero-order chi connectivity index (χ0) is 14.7. The summed E-state index contributed by atoms with van der Waals surface area (Å²) in [6.07, 6.45) is 6.08. The first-order valence-electron chi connectivity index (χ1n) is 8.49. The van der Waals surface area contributed by atoms with Gasteiger partial charge < -0.3 is 10.6 Å². The van der Waals surface area contributed by atoms with Gasteiger partial charge in [-0.05, 0) is 37.3 Å². The van der Waals surface area contributed by atoms with Gasteiger partial charge in [0.2, 0.25) is 0 Å². The fourth-order valence-corrected chi connectivity index (χ4v) is 3.68. The minimum absolute atomic E-state index is 0.560. The molecule has 2 heterocycles. The number of piperazine rings is 1. The Morgan fingerprint density at radius 1 is 1.19 bits per heavy atom. The Bertz CT molecular complexity index is 466. The molecule has 4 nitrogen and oxygen atoms in total. The first kappa shape index (κ1) is 14.8. The Morgan fingerprint density at radius 3 is 2.71 bits per heavy atom. The van der Waals surface area contributed by atoms with Crippen LogP contribution in [0.15, 0.2) is 12.1 Å². The fourth-order valence-electron chi connectivity index (χ4n) is 3.68. The van der Waals surface area contributed by atoms with Crippen molar-refractivity contribution in [1.82, 2.24) is 9.88 Å². The van der Waals surface area contributed by atoms with Crippen molar-refractivity contribution >= 4 is 5.82 Å². The molecule has 2 aliphatic rings. The highest BCUT2D eigenvalue weighted by Crippen LogP contribution is 2.24. The molecule has 0 amide bonds. The first-order valence-corrected chi connectivity index (χ1v) is 8.49. The Morgan fingerprint density at radius 2 is 2.00 bits per heavy atom. The standard InChI is InChI=1S/C17H28N4/c1-2-4-15(13-18)20-9-11-21(12-10-20)17-8-7-14-5-3-6-16(14)19-17/h7-8,15H,2-6,9-13,18H2,1H3. The fraction of sp³-hybridized carbons (Fsp3) is 0.706. The van der Waals surface area contributed by atoms with Gasteiger partial charge in [0.25, 0.3) is 0 Å². The second kappa shape index (κ2) is 6.75. The van der Waals surface area contributed by atoms with E-state index < -0.39 is 0 Å². The number of rotatable bonds is 5. The molecule has 0 spiro atoms. The lowest BCUT2D eigenvalue weighted by atomic mass is 10.1. The number of hydrogen-bond acceptors (Lipinski definition) is 4. The van der Waals surface area contributed by atoms with E-state index in [2.05, 4.69) is 28.9 Å². The number of nitrogens with zero attached hydrogens (tertiary/aromatic N) is 3. The molecular formula is C17H28N4. The largest absolute Gasteiger partial charge is 0.354 e. The molecule has 0 aromatic carbocycles. The van der Waals surface area contributed by atoms with Gasteiger partial charge in [0.1, 0.15) is 5.82 Å². The van der Waals surface area contributed by atoms with Gasteiger partial charge in [-0.25, -0.2) is 4.98 Å². The third-order valence-electron chi connectivity index (χ3n) is 4.96. The van der Waals surface area contributed by atoms with Gasteiger partial charge in [-0.2, -0.15) is 0 Å².